The van der Waals surface area contributed by atoms with E-state index in [2.05, 4.69) is 21.4 Å². The molecule has 1 aromatic rings. The molecule has 0 spiro atoms. The molecule has 6 nitrogen and oxygen atoms in total. The van der Waals surface area contributed by atoms with Gasteiger partial charge in [-0.2, -0.15) is 0 Å². The molecule has 0 atom stereocenters. The highest BCUT2D eigenvalue weighted by atomic mass is 35.5. The Morgan fingerprint density at radius 2 is 2.23 bits per heavy atom. The topological polar surface area (TPSA) is 91.7 Å². The quantitative estimate of drug-likeness (QED) is 0.471. The monoisotopic (exact) mass is 339 g/mol. The number of hydrogen-bond acceptors (Lipinski definition) is 5. The number of halogens is 1. The zero-order valence-corrected chi connectivity index (χ0v) is 13.4. The van der Waals surface area contributed by atoms with E-state index in [4.69, 9.17) is 16.7 Å². The molecule has 1 aliphatic rings. The average Bonchev–Trinajstić information content (AvgIpc) is 3.28. The van der Waals surface area contributed by atoms with Crippen molar-refractivity contribution in [3.63, 3.8) is 0 Å². The number of pyridine rings is 1. The summed E-state index contributed by atoms with van der Waals surface area (Å²) in [5.74, 6) is -1.13. The molecule has 8 heteroatoms. The summed E-state index contributed by atoms with van der Waals surface area (Å²) in [6, 6.07) is 1.35. The van der Waals surface area contributed by atoms with Crippen LogP contribution >= 0.6 is 23.5 Å². The van der Waals surface area contributed by atoms with Gasteiger partial charge in [-0.25, -0.2) is 14.2 Å². The number of nitrogens with one attached hydrogen (secondary N) is 1. The minimum atomic E-state index is -1.22. The van der Waals surface area contributed by atoms with Crippen molar-refractivity contribution in [2.24, 2.45) is 10.3 Å². The molecule has 0 unspecified atom stereocenters. The lowest BCUT2D eigenvalue weighted by Gasteiger charge is -2.10. The maximum atomic E-state index is 12.3. The Bertz CT molecular complexity index is 671. The molecule has 1 aliphatic carbocycles. The van der Waals surface area contributed by atoms with E-state index in [0.717, 1.165) is 30.4 Å². The molecule has 2 N–H and O–H groups in total. The molecule has 1 aromatic heterocycles. The van der Waals surface area contributed by atoms with Crippen molar-refractivity contribution in [3.05, 3.63) is 33.5 Å². The number of aromatic carboxylic acids is 1. The Morgan fingerprint density at radius 3 is 2.73 bits per heavy atom. The lowest BCUT2D eigenvalue weighted by Crippen LogP contribution is -2.15. The number of amides is 1. The normalized spacial score (nSPS) is 15.0. The van der Waals surface area contributed by atoms with Gasteiger partial charge in [-0.1, -0.05) is 11.6 Å². The smallest absolute Gasteiger partial charge is 0.356 e. The summed E-state index contributed by atoms with van der Waals surface area (Å²) in [6.45, 7) is 5.30. The van der Waals surface area contributed by atoms with Gasteiger partial charge in [-0.3, -0.25) is 4.79 Å². The average molecular weight is 340 g/mol. The van der Waals surface area contributed by atoms with Crippen LogP contribution in [0.4, 0.5) is 5.69 Å². The van der Waals surface area contributed by atoms with E-state index < -0.39 is 5.97 Å². The van der Waals surface area contributed by atoms with Gasteiger partial charge in [0.1, 0.15) is 0 Å². The standard InChI is InChI=1S/C14H14ClN3O3S/c1-7(8-3-4-8)12(22-16-2)13(19)18-9-5-10(15)11(14(20)21)17-6-9/h5-6,8H,2-4H2,1H3,(H,18,19)(H,20,21)/b12-7+. The lowest BCUT2D eigenvalue weighted by atomic mass is 10.2. The summed E-state index contributed by atoms with van der Waals surface area (Å²) in [5, 5.41) is 11.5. The van der Waals surface area contributed by atoms with Crippen LogP contribution in [0.3, 0.4) is 0 Å². The molecule has 0 aromatic carbocycles. The predicted molar refractivity (Wildman–Crippen MR) is 87.4 cm³/mol. The van der Waals surface area contributed by atoms with Crippen LogP contribution < -0.4 is 5.32 Å². The Kier molecular flexibility index (Phi) is 5.20. The molecule has 0 saturated heterocycles. The molecule has 0 aliphatic heterocycles. The van der Waals surface area contributed by atoms with Crippen LogP contribution in [0.5, 0.6) is 0 Å². The fourth-order valence-corrected chi connectivity index (χ4v) is 2.73. The maximum Gasteiger partial charge on any atom is 0.356 e. The third-order valence-corrected chi connectivity index (χ3v) is 4.32. The molecule has 1 amide bonds. The minimum Gasteiger partial charge on any atom is -0.476 e. The number of rotatable bonds is 6. The van der Waals surface area contributed by atoms with Gasteiger partial charge < -0.3 is 10.4 Å². The first kappa shape index (κ1) is 16.5. The van der Waals surface area contributed by atoms with Gasteiger partial charge in [-0.05, 0) is 44.0 Å². The molecule has 0 radical (unpaired) electrons. The van der Waals surface area contributed by atoms with E-state index in [9.17, 15) is 9.59 Å². The fourth-order valence-electron chi connectivity index (χ4n) is 1.91. The van der Waals surface area contributed by atoms with Gasteiger partial charge in [0.2, 0.25) is 0 Å². The van der Waals surface area contributed by atoms with E-state index >= 15 is 0 Å². The summed E-state index contributed by atoms with van der Waals surface area (Å²) in [5.41, 5.74) is 1.05. The largest absolute Gasteiger partial charge is 0.476 e. The number of anilines is 1. The van der Waals surface area contributed by atoms with Crippen LogP contribution in [-0.2, 0) is 4.79 Å². The number of carbonyl (C=O) groups excluding carboxylic acids is 1. The van der Waals surface area contributed by atoms with Crippen molar-refractivity contribution in [1.29, 1.82) is 0 Å². The molecular formula is C14H14ClN3O3S. The van der Waals surface area contributed by atoms with Gasteiger partial charge in [0.15, 0.2) is 5.69 Å². The number of nitrogens with zero attached hydrogens (tertiary/aromatic N) is 2. The number of aromatic nitrogens is 1. The highest BCUT2D eigenvalue weighted by Crippen LogP contribution is 2.40. The second-order valence-corrected chi connectivity index (χ2v) is 6.08. The van der Waals surface area contributed by atoms with E-state index in [-0.39, 0.29) is 16.6 Å². The van der Waals surface area contributed by atoms with Gasteiger partial charge in [0.25, 0.3) is 5.91 Å². The van der Waals surface area contributed by atoms with Crippen LogP contribution in [0.15, 0.2) is 27.1 Å². The van der Waals surface area contributed by atoms with E-state index in [1.54, 1.807) is 0 Å². The van der Waals surface area contributed by atoms with Crippen molar-refractivity contribution in [3.8, 4) is 0 Å². The molecule has 2 rings (SSSR count). The van der Waals surface area contributed by atoms with Crippen molar-refractivity contribution in [1.82, 2.24) is 4.98 Å². The summed E-state index contributed by atoms with van der Waals surface area (Å²) in [4.78, 5) is 27.4. The first-order valence-corrected chi connectivity index (χ1v) is 7.63. The summed E-state index contributed by atoms with van der Waals surface area (Å²) >= 11 is 6.86. The Hall–Kier alpha value is -1.86. The van der Waals surface area contributed by atoms with Crippen LogP contribution in [-0.4, -0.2) is 28.7 Å². The number of allylic oxidation sites excluding steroid dienone is 1. The van der Waals surface area contributed by atoms with Crippen molar-refractivity contribution in [2.45, 2.75) is 19.8 Å². The summed E-state index contributed by atoms with van der Waals surface area (Å²) in [6.07, 6.45) is 3.39. The van der Waals surface area contributed by atoms with Gasteiger partial charge in [0, 0.05) is 11.9 Å². The molecular weight excluding hydrogens is 326 g/mol. The zero-order valence-electron chi connectivity index (χ0n) is 11.8. The van der Waals surface area contributed by atoms with Crippen molar-refractivity contribution < 1.29 is 14.7 Å². The molecule has 1 heterocycles. The van der Waals surface area contributed by atoms with Crippen LogP contribution in [0.25, 0.3) is 0 Å². The Balaban J connectivity index is 2.20. The molecule has 1 saturated carbocycles. The van der Waals surface area contributed by atoms with Crippen LogP contribution in [0, 0.1) is 5.92 Å². The predicted octanol–water partition coefficient (Wildman–Crippen LogP) is 3.40. The third-order valence-electron chi connectivity index (χ3n) is 3.21. The third kappa shape index (κ3) is 3.86. The van der Waals surface area contributed by atoms with Gasteiger partial charge in [0.05, 0.1) is 21.8 Å². The first-order valence-electron chi connectivity index (χ1n) is 6.48. The highest BCUT2D eigenvalue weighted by Gasteiger charge is 2.28. The second kappa shape index (κ2) is 6.93. The number of hydrogen-bond donors (Lipinski definition) is 2. The zero-order chi connectivity index (χ0) is 16.3. The summed E-state index contributed by atoms with van der Waals surface area (Å²) < 4.78 is 3.71. The van der Waals surface area contributed by atoms with Crippen LogP contribution in [0.2, 0.25) is 5.02 Å². The summed E-state index contributed by atoms with van der Waals surface area (Å²) in [7, 11) is 0. The number of carboxylic acids is 1. The van der Waals surface area contributed by atoms with Gasteiger partial charge >= 0.3 is 5.97 Å². The number of carbonyl (C=O) groups is 2. The lowest BCUT2D eigenvalue weighted by molar-refractivity contribution is -0.112. The molecule has 1 fully saturated rings. The van der Waals surface area contributed by atoms with Crippen LogP contribution in [0.1, 0.15) is 30.3 Å². The van der Waals surface area contributed by atoms with E-state index in [0.29, 0.717) is 16.5 Å². The fraction of sp³-hybridized carbons (Fsp3) is 0.286. The van der Waals surface area contributed by atoms with E-state index in [1.165, 1.54) is 12.3 Å². The second-order valence-electron chi connectivity index (χ2n) is 4.82. The minimum absolute atomic E-state index is 0.0377. The highest BCUT2D eigenvalue weighted by molar-refractivity contribution is 8.02. The first-order chi connectivity index (χ1) is 10.4. The molecule has 22 heavy (non-hydrogen) atoms. The van der Waals surface area contributed by atoms with Crippen molar-refractivity contribution in [2.75, 3.05) is 5.32 Å². The molecule has 0 bridgehead atoms. The maximum absolute atomic E-state index is 12.3. The Labute approximate surface area is 136 Å². The van der Waals surface area contributed by atoms with E-state index in [1.807, 2.05) is 6.92 Å². The van der Waals surface area contributed by atoms with Crippen molar-refractivity contribution >= 4 is 47.8 Å². The molecule has 116 valence electrons. The SMILES string of the molecule is C=NS/C(C(=O)Nc1cnc(C(=O)O)c(Cl)c1)=C(\C)C1CC1. The Morgan fingerprint density at radius 1 is 1.55 bits per heavy atom. The number of carboxylic acid groups (broad SMARTS) is 1. The van der Waals surface area contributed by atoms with Gasteiger partial charge in [-0.15, -0.1) is 0 Å².